The van der Waals surface area contributed by atoms with Gasteiger partial charge in [-0.15, -0.1) is 0 Å². The number of nitrogens with zero attached hydrogens (tertiary/aromatic N) is 3. The molecule has 0 fully saturated rings. The van der Waals surface area contributed by atoms with Gasteiger partial charge < -0.3 is 10.2 Å². The Hall–Kier alpha value is -4.39. The van der Waals surface area contributed by atoms with Gasteiger partial charge >= 0.3 is 0 Å². The zero-order valence-electron chi connectivity index (χ0n) is 21.0. The van der Waals surface area contributed by atoms with Gasteiger partial charge in [0.2, 0.25) is 0 Å². The van der Waals surface area contributed by atoms with Gasteiger partial charge in [0.05, 0.1) is 11.4 Å². The summed E-state index contributed by atoms with van der Waals surface area (Å²) >= 11 is 0. The van der Waals surface area contributed by atoms with Crippen molar-refractivity contribution in [3.63, 3.8) is 0 Å². The van der Waals surface area contributed by atoms with Crippen LogP contribution in [0.25, 0.3) is 16.8 Å². The van der Waals surface area contributed by atoms with E-state index >= 15 is 0 Å². The predicted molar refractivity (Wildman–Crippen MR) is 143 cm³/mol. The molecule has 0 aliphatic heterocycles. The zero-order chi connectivity index (χ0) is 25.8. The third kappa shape index (κ3) is 4.47. The molecule has 4 aromatic rings. The molecule has 0 radical (unpaired) electrons. The molecule has 0 atom stereocenters. The van der Waals surface area contributed by atoms with Gasteiger partial charge in [0.1, 0.15) is 5.69 Å². The minimum atomic E-state index is -0.415. The summed E-state index contributed by atoms with van der Waals surface area (Å²) in [5.41, 5.74) is 3.45. The van der Waals surface area contributed by atoms with E-state index in [2.05, 4.69) is 5.32 Å². The maximum Gasteiger partial charge on any atom is 0.295 e. The summed E-state index contributed by atoms with van der Waals surface area (Å²) < 4.78 is 3.24. The first-order valence-corrected chi connectivity index (χ1v) is 12.0. The molecule has 2 amide bonds. The molecule has 0 bridgehead atoms. The van der Waals surface area contributed by atoms with Crippen LogP contribution in [0.4, 0.5) is 5.69 Å². The summed E-state index contributed by atoms with van der Waals surface area (Å²) in [6, 6.07) is 23.7. The standard InChI is InChI=1S/C29H30N4O3/c1-5-32(6-2)28(35)25-19-13-11-17-23(25)22-16-10-12-18-24(22)27(34)30-26-20(3)31(4)33(29(26)36)21-14-8-7-9-15-21/h7-19H,5-6H2,1-4H3,(H,30,34). The van der Waals surface area contributed by atoms with E-state index in [1.165, 1.54) is 4.68 Å². The first-order chi connectivity index (χ1) is 17.4. The molecule has 0 aliphatic carbocycles. The van der Waals surface area contributed by atoms with Gasteiger partial charge in [-0.25, -0.2) is 4.68 Å². The van der Waals surface area contributed by atoms with Crippen LogP contribution in [-0.2, 0) is 7.05 Å². The Morgan fingerprint density at radius 3 is 1.94 bits per heavy atom. The van der Waals surface area contributed by atoms with Crippen molar-refractivity contribution < 1.29 is 9.59 Å². The topological polar surface area (TPSA) is 76.3 Å². The molecule has 1 heterocycles. The quantitative estimate of drug-likeness (QED) is 0.408. The normalized spacial score (nSPS) is 10.8. The summed E-state index contributed by atoms with van der Waals surface area (Å²) in [7, 11) is 1.78. The zero-order valence-corrected chi connectivity index (χ0v) is 21.0. The number of benzene rings is 3. The molecule has 184 valence electrons. The molecule has 4 rings (SSSR count). The van der Waals surface area contributed by atoms with Crippen molar-refractivity contribution in [1.29, 1.82) is 0 Å². The fourth-order valence-electron chi connectivity index (χ4n) is 4.39. The van der Waals surface area contributed by atoms with Crippen molar-refractivity contribution in [1.82, 2.24) is 14.3 Å². The first-order valence-electron chi connectivity index (χ1n) is 12.0. The van der Waals surface area contributed by atoms with Gasteiger partial charge in [-0.2, -0.15) is 0 Å². The molecule has 36 heavy (non-hydrogen) atoms. The molecule has 3 aromatic carbocycles. The Kier molecular flexibility index (Phi) is 7.20. The monoisotopic (exact) mass is 482 g/mol. The summed E-state index contributed by atoms with van der Waals surface area (Å²) in [5, 5.41) is 2.84. The van der Waals surface area contributed by atoms with Crippen LogP contribution in [0.2, 0.25) is 0 Å². The van der Waals surface area contributed by atoms with Gasteiger partial charge in [0, 0.05) is 31.3 Å². The number of carbonyl (C=O) groups is 2. The summed E-state index contributed by atoms with van der Waals surface area (Å²) in [6.45, 7) is 6.85. The molecular formula is C29H30N4O3. The van der Waals surface area contributed by atoms with E-state index in [-0.39, 0.29) is 17.2 Å². The minimum absolute atomic E-state index is 0.0875. The van der Waals surface area contributed by atoms with E-state index in [1.54, 1.807) is 41.8 Å². The third-order valence-corrected chi connectivity index (χ3v) is 6.46. The van der Waals surface area contributed by atoms with Crippen molar-refractivity contribution in [3.8, 4) is 16.8 Å². The fraction of sp³-hybridized carbons (Fsp3) is 0.207. The van der Waals surface area contributed by atoms with Crippen LogP contribution in [0.1, 0.15) is 40.3 Å². The molecule has 0 unspecified atom stereocenters. The highest BCUT2D eigenvalue weighted by molar-refractivity contribution is 6.11. The lowest BCUT2D eigenvalue weighted by Crippen LogP contribution is -2.31. The van der Waals surface area contributed by atoms with Crippen molar-refractivity contribution in [2.24, 2.45) is 7.05 Å². The maximum atomic E-state index is 13.5. The number of nitrogens with one attached hydrogen (secondary N) is 1. The Balaban J connectivity index is 1.75. The van der Waals surface area contributed by atoms with Crippen LogP contribution in [0, 0.1) is 6.92 Å². The fourth-order valence-corrected chi connectivity index (χ4v) is 4.39. The lowest BCUT2D eigenvalue weighted by molar-refractivity contribution is 0.0773. The predicted octanol–water partition coefficient (Wildman–Crippen LogP) is 4.89. The molecule has 1 aromatic heterocycles. The van der Waals surface area contributed by atoms with E-state index in [4.69, 9.17) is 0 Å². The highest BCUT2D eigenvalue weighted by atomic mass is 16.2. The molecule has 0 saturated heterocycles. The van der Waals surface area contributed by atoms with E-state index in [1.807, 2.05) is 74.5 Å². The lowest BCUT2D eigenvalue weighted by atomic mass is 9.94. The Morgan fingerprint density at radius 1 is 0.806 bits per heavy atom. The van der Waals surface area contributed by atoms with Crippen molar-refractivity contribution >= 4 is 17.5 Å². The number of aromatic nitrogens is 2. The average Bonchev–Trinajstić information content (AvgIpc) is 3.12. The van der Waals surface area contributed by atoms with Crippen LogP contribution >= 0.6 is 0 Å². The van der Waals surface area contributed by atoms with E-state index in [9.17, 15) is 14.4 Å². The third-order valence-electron chi connectivity index (χ3n) is 6.46. The number of para-hydroxylation sites is 1. The van der Waals surface area contributed by atoms with Gasteiger partial charge in [-0.1, -0.05) is 54.6 Å². The minimum Gasteiger partial charge on any atom is -0.339 e. The van der Waals surface area contributed by atoms with Gasteiger partial charge in [-0.3, -0.25) is 19.1 Å². The molecule has 7 nitrogen and oxygen atoms in total. The highest BCUT2D eigenvalue weighted by Gasteiger charge is 2.23. The number of hydrogen-bond acceptors (Lipinski definition) is 3. The molecule has 0 saturated carbocycles. The van der Waals surface area contributed by atoms with Gasteiger partial charge in [0.25, 0.3) is 17.4 Å². The number of carbonyl (C=O) groups excluding carboxylic acids is 2. The lowest BCUT2D eigenvalue weighted by Gasteiger charge is -2.21. The van der Waals surface area contributed by atoms with Gasteiger partial charge in [-0.05, 0) is 56.2 Å². The van der Waals surface area contributed by atoms with Crippen molar-refractivity contribution in [2.45, 2.75) is 20.8 Å². The van der Waals surface area contributed by atoms with Crippen LogP contribution in [0.15, 0.2) is 83.7 Å². The SMILES string of the molecule is CCN(CC)C(=O)c1ccccc1-c1ccccc1C(=O)Nc1c(C)n(C)n(-c2ccccc2)c1=O. The largest absolute Gasteiger partial charge is 0.339 e. The number of amides is 2. The van der Waals surface area contributed by atoms with Crippen LogP contribution in [0.3, 0.4) is 0 Å². The number of anilines is 1. The van der Waals surface area contributed by atoms with E-state index < -0.39 is 5.91 Å². The summed E-state index contributed by atoms with van der Waals surface area (Å²) in [4.78, 5) is 41.8. The second kappa shape index (κ2) is 10.5. The van der Waals surface area contributed by atoms with Crippen molar-refractivity contribution in [3.05, 3.63) is 106 Å². The average molecular weight is 483 g/mol. The number of hydrogen-bond donors (Lipinski definition) is 1. The molecule has 0 aliphatic rings. The Labute approximate surface area is 210 Å². The number of rotatable bonds is 7. The Morgan fingerprint density at radius 2 is 1.33 bits per heavy atom. The van der Waals surface area contributed by atoms with Gasteiger partial charge in [0.15, 0.2) is 0 Å². The summed E-state index contributed by atoms with van der Waals surface area (Å²) in [6.07, 6.45) is 0. The summed E-state index contributed by atoms with van der Waals surface area (Å²) in [5.74, 6) is -0.503. The Bertz CT molecular complexity index is 1460. The van der Waals surface area contributed by atoms with Crippen molar-refractivity contribution in [2.75, 3.05) is 18.4 Å². The molecular weight excluding hydrogens is 452 g/mol. The van der Waals surface area contributed by atoms with E-state index in [0.29, 0.717) is 46.7 Å². The maximum absolute atomic E-state index is 13.5. The van der Waals surface area contributed by atoms with Crippen LogP contribution in [-0.4, -0.2) is 39.2 Å². The molecule has 1 N–H and O–H groups in total. The highest BCUT2D eigenvalue weighted by Crippen LogP contribution is 2.29. The second-order valence-corrected chi connectivity index (χ2v) is 8.46. The van der Waals surface area contributed by atoms with Crippen LogP contribution < -0.4 is 10.9 Å². The van der Waals surface area contributed by atoms with E-state index in [0.717, 1.165) is 0 Å². The smallest absolute Gasteiger partial charge is 0.295 e. The second-order valence-electron chi connectivity index (χ2n) is 8.46. The molecule has 0 spiro atoms. The van der Waals surface area contributed by atoms with Crippen LogP contribution in [0.5, 0.6) is 0 Å². The molecule has 7 heteroatoms. The first kappa shape index (κ1) is 24.7.